The predicted octanol–water partition coefficient (Wildman–Crippen LogP) is 0.127. The highest BCUT2D eigenvalue weighted by Gasteiger charge is 2.10. The number of hydrogen-bond acceptors (Lipinski definition) is 5. The van der Waals surface area contributed by atoms with Crippen LogP contribution in [0.1, 0.15) is 12.5 Å². The normalized spacial score (nSPS) is 10.4. The first kappa shape index (κ1) is 17.8. The molecule has 0 unspecified atom stereocenters. The van der Waals surface area contributed by atoms with Crippen LogP contribution in [0.5, 0.6) is 11.5 Å². The van der Waals surface area contributed by atoms with Crippen molar-refractivity contribution in [3.8, 4) is 11.5 Å². The summed E-state index contributed by atoms with van der Waals surface area (Å²) in [6.07, 6.45) is 0. The smallest absolute Gasteiger partial charge is 0.236 e. The summed E-state index contributed by atoms with van der Waals surface area (Å²) >= 11 is 0. The summed E-state index contributed by atoms with van der Waals surface area (Å²) in [6.45, 7) is 3.06. The van der Waals surface area contributed by atoms with Gasteiger partial charge in [0, 0.05) is 6.54 Å². The highest BCUT2D eigenvalue weighted by Crippen LogP contribution is 2.28. The second-order valence-electron chi connectivity index (χ2n) is 4.83. The van der Waals surface area contributed by atoms with Crippen LogP contribution in [0, 0.1) is 0 Å². The number of nitrogens with zero attached hydrogens (tertiary/aromatic N) is 1. The Morgan fingerprint density at radius 3 is 2.64 bits per heavy atom. The predicted molar refractivity (Wildman–Crippen MR) is 82.7 cm³/mol. The number of nitrogens with two attached hydrogens (primary N) is 1. The Labute approximate surface area is 130 Å². The maximum atomic E-state index is 11.6. The molecule has 0 aliphatic rings. The van der Waals surface area contributed by atoms with Crippen molar-refractivity contribution in [1.82, 2.24) is 10.2 Å². The number of likely N-dealkylation sites (N-methyl/N-ethyl adjacent to an activating group) is 1. The summed E-state index contributed by atoms with van der Waals surface area (Å²) in [4.78, 5) is 24.0. The first-order valence-corrected chi connectivity index (χ1v) is 6.99. The zero-order valence-electron chi connectivity index (χ0n) is 13.2. The van der Waals surface area contributed by atoms with Gasteiger partial charge in [0.25, 0.3) is 0 Å². The van der Waals surface area contributed by atoms with E-state index < -0.39 is 5.91 Å². The number of benzene rings is 1. The van der Waals surface area contributed by atoms with Crippen LogP contribution < -0.4 is 20.5 Å². The van der Waals surface area contributed by atoms with Crippen molar-refractivity contribution in [3.05, 3.63) is 23.8 Å². The van der Waals surface area contributed by atoms with Gasteiger partial charge in [0.15, 0.2) is 11.5 Å². The third-order valence-electron chi connectivity index (χ3n) is 2.85. The van der Waals surface area contributed by atoms with Crippen molar-refractivity contribution >= 4 is 11.8 Å². The summed E-state index contributed by atoms with van der Waals surface area (Å²) in [5.74, 6) is 0.535. The van der Waals surface area contributed by atoms with Crippen molar-refractivity contribution < 1.29 is 19.1 Å². The van der Waals surface area contributed by atoms with Gasteiger partial charge in [0.1, 0.15) is 0 Å². The van der Waals surface area contributed by atoms with E-state index in [-0.39, 0.29) is 19.0 Å². The molecule has 0 aliphatic carbocycles. The SMILES string of the molecule is CCOc1ccc(CN(C)CC(=O)NCC(N)=O)cc1OC. The van der Waals surface area contributed by atoms with E-state index in [9.17, 15) is 9.59 Å². The molecule has 1 rings (SSSR count). The number of amides is 2. The zero-order chi connectivity index (χ0) is 16.5. The molecule has 0 saturated carbocycles. The number of primary amides is 1. The number of carbonyl (C=O) groups excluding carboxylic acids is 2. The van der Waals surface area contributed by atoms with E-state index in [2.05, 4.69) is 5.32 Å². The molecule has 0 atom stereocenters. The van der Waals surface area contributed by atoms with E-state index in [0.717, 1.165) is 5.56 Å². The maximum absolute atomic E-state index is 11.6. The molecule has 0 heterocycles. The van der Waals surface area contributed by atoms with Gasteiger partial charge in [-0.15, -0.1) is 0 Å². The molecule has 7 heteroatoms. The molecule has 1 aromatic rings. The van der Waals surface area contributed by atoms with Gasteiger partial charge in [-0.25, -0.2) is 0 Å². The van der Waals surface area contributed by atoms with Crippen LogP contribution in [0.4, 0.5) is 0 Å². The van der Waals surface area contributed by atoms with Crippen molar-refractivity contribution in [3.63, 3.8) is 0 Å². The van der Waals surface area contributed by atoms with Crippen LogP contribution in [0.2, 0.25) is 0 Å². The fourth-order valence-electron chi connectivity index (χ4n) is 1.94. The third kappa shape index (κ3) is 6.01. The van der Waals surface area contributed by atoms with E-state index in [1.165, 1.54) is 0 Å². The summed E-state index contributed by atoms with van der Waals surface area (Å²) in [5, 5.41) is 2.45. The number of ether oxygens (including phenoxy) is 2. The first-order chi connectivity index (χ1) is 10.5. The number of hydrogen-bond donors (Lipinski definition) is 2. The minimum absolute atomic E-state index is 0.149. The van der Waals surface area contributed by atoms with E-state index in [1.54, 1.807) is 7.11 Å². The quantitative estimate of drug-likeness (QED) is 0.676. The van der Waals surface area contributed by atoms with Gasteiger partial charge in [0.2, 0.25) is 11.8 Å². The Morgan fingerprint density at radius 1 is 1.32 bits per heavy atom. The Bertz CT molecular complexity index is 520. The molecule has 0 radical (unpaired) electrons. The molecule has 0 aromatic heterocycles. The van der Waals surface area contributed by atoms with Gasteiger partial charge in [-0.3, -0.25) is 14.5 Å². The molecule has 122 valence electrons. The molecule has 0 spiro atoms. The lowest BCUT2D eigenvalue weighted by Gasteiger charge is -2.17. The number of methoxy groups -OCH3 is 1. The fourth-order valence-corrected chi connectivity index (χ4v) is 1.94. The Hall–Kier alpha value is -2.28. The van der Waals surface area contributed by atoms with Crippen molar-refractivity contribution in [2.45, 2.75) is 13.5 Å². The van der Waals surface area contributed by atoms with Crippen molar-refractivity contribution in [1.29, 1.82) is 0 Å². The molecule has 7 nitrogen and oxygen atoms in total. The molecular weight excluding hydrogens is 286 g/mol. The summed E-state index contributed by atoms with van der Waals surface area (Å²) < 4.78 is 10.8. The Balaban J connectivity index is 2.58. The van der Waals surface area contributed by atoms with Crippen molar-refractivity contribution in [2.75, 3.05) is 33.9 Å². The largest absolute Gasteiger partial charge is 0.493 e. The second-order valence-corrected chi connectivity index (χ2v) is 4.83. The van der Waals surface area contributed by atoms with Crippen LogP contribution in [0.3, 0.4) is 0 Å². The molecule has 22 heavy (non-hydrogen) atoms. The second kappa shape index (κ2) is 8.89. The average Bonchev–Trinajstić information content (AvgIpc) is 2.46. The minimum Gasteiger partial charge on any atom is -0.493 e. The van der Waals surface area contributed by atoms with Crippen LogP contribution in [-0.2, 0) is 16.1 Å². The average molecular weight is 309 g/mol. The molecule has 0 saturated heterocycles. The first-order valence-electron chi connectivity index (χ1n) is 6.99. The molecule has 3 N–H and O–H groups in total. The standard InChI is InChI=1S/C15H23N3O4/c1-4-22-12-6-5-11(7-13(12)21-3)9-18(2)10-15(20)17-8-14(16)19/h5-7H,4,8-10H2,1-3H3,(H2,16,19)(H,17,20). The Morgan fingerprint density at radius 2 is 2.05 bits per heavy atom. The van der Waals surface area contributed by atoms with E-state index in [1.807, 2.05) is 37.1 Å². The number of rotatable bonds is 9. The fraction of sp³-hybridized carbons (Fsp3) is 0.467. The molecule has 2 amide bonds. The van der Waals surface area contributed by atoms with Gasteiger partial charge in [0.05, 0.1) is 26.8 Å². The van der Waals surface area contributed by atoms with Gasteiger partial charge in [-0.1, -0.05) is 6.07 Å². The zero-order valence-corrected chi connectivity index (χ0v) is 13.2. The molecule has 0 aliphatic heterocycles. The molecular formula is C15H23N3O4. The van der Waals surface area contributed by atoms with Gasteiger partial charge in [-0.2, -0.15) is 0 Å². The van der Waals surface area contributed by atoms with Crippen molar-refractivity contribution in [2.24, 2.45) is 5.73 Å². The van der Waals surface area contributed by atoms with E-state index >= 15 is 0 Å². The van der Waals surface area contributed by atoms with Crippen LogP contribution in [0.25, 0.3) is 0 Å². The summed E-state index contributed by atoms with van der Waals surface area (Å²) in [7, 11) is 3.40. The Kier molecular flexibility index (Phi) is 7.18. The van der Waals surface area contributed by atoms with E-state index in [0.29, 0.717) is 24.7 Å². The highest BCUT2D eigenvalue weighted by molar-refractivity contribution is 5.84. The molecule has 0 fully saturated rings. The lowest BCUT2D eigenvalue weighted by Crippen LogP contribution is -2.39. The molecule has 0 bridgehead atoms. The summed E-state index contributed by atoms with van der Waals surface area (Å²) in [6, 6.07) is 5.65. The van der Waals surface area contributed by atoms with Gasteiger partial charge in [-0.05, 0) is 31.7 Å². The maximum Gasteiger partial charge on any atom is 0.236 e. The third-order valence-corrected chi connectivity index (χ3v) is 2.85. The van der Waals surface area contributed by atoms with Crippen LogP contribution in [0.15, 0.2) is 18.2 Å². The minimum atomic E-state index is -0.563. The van der Waals surface area contributed by atoms with Crippen LogP contribution >= 0.6 is 0 Å². The van der Waals surface area contributed by atoms with Gasteiger partial charge >= 0.3 is 0 Å². The van der Waals surface area contributed by atoms with E-state index in [4.69, 9.17) is 15.2 Å². The topological polar surface area (TPSA) is 93.9 Å². The highest BCUT2D eigenvalue weighted by atomic mass is 16.5. The number of carbonyl (C=O) groups is 2. The lowest BCUT2D eigenvalue weighted by molar-refractivity contribution is -0.125. The van der Waals surface area contributed by atoms with Crippen LogP contribution in [-0.4, -0.2) is 50.6 Å². The monoisotopic (exact) mass is 309 g/mol. The van der Waals surface area contributed by atoms with Gasteiger partial charge < -0.3 is 20.5 Å². The molecule has 1 aromatic carbocycles. The lowest BCUT2D eigenvalue weighted by atomic mass is 10.2. The summed E-state index contributed by atoms with van der Waals surface area (Å²) in [5.41, 5.74) is 5.96. The number of nitrogens with one attached hydrogen (secondary N) is 1.